The zero-order valence-electron chi connectivity index (χ0n) is 11.9. The number of aliphatic hydroxyl groups excluding tert-OH is 1. The molecule has 0 saturated heterocycles. The fourth-order valence-electron chi connectivity index (χ4n) is 2.61. The molecule has 2 atom stereocenters. The van der Waals surface area contributed by atoms with E-state index in [1.165, 1.54) is 0 Å². The molecule has 4 nitrogen and oxygen atoms in total. The first kappa shape index (κ1) is 15.3. The summed E-state index contributed by atoms with van der Waals surface area (Å²) in [5, 5.41) is 12.8. The monoisotopic (exact) mass is 340 g/mol. The Hall–Kier alpha value is -1.07. The van der Waals surface area contributed by atoms with E-state index in [4.69, 9.17) is 5.73 Å². The van der Waals surface area contributed by atoms with Gasteiger partial charge in [-0.1, -0.05) is 28.8 Å². The molecule has 0 unspecified atom stereocenters. The van der Waals surface area contributed by atoms with Crippen molar-refractivity contribution in [2.45, 2.75) is 51.7 Å². The number of rotatable bonds is 2. The van der Waals surface area contributed by atoms with Gasteiger partial charge in [-0.2, -0.15) is 0 Å². The van der Waals surface area contributed by atoms with Crippen molar-refractivity contribution in [3.05, 3.63) is 27.2 Å². The molecule has 4 N–H and O–H groups in total. The van der Waals surface area contributed by atoms with Crippen LogP contribution < -0.4 is 11.1 Å². The molecule has 1 aromatic rings. The third-order valence-corrected chi connectivity index (χ3v) is 5.00. The normalized spacial score (nSPS) is 22.6. The van der Waals surface area contributed by atoms with Crippen molar-refractivity contribution >= 4 is 27.5 Å². The first-order chi connectivity index (χ1) is 9.41. The van der Waals surface area contributed by atoms with Gasteiger partial charge in [0.15, 0.2) is 0 Å². The van der Waals surface area contributed by atoms with E-state index in [-0.39, 0.29) is 11.9 Å². The van der Waals surface area contributed by atoms with Gasteiger partial charge in [0.1, 0.15) is 0 Å². The molecule has 2 rings (SSSR count). The largest absolute Gasteiger partial charge is 0.398 e. The van der Waals surface area contributed by atoms with Crippen molar-refractivity contribution in [2.24, 2.45) is 0 Å². The minimum Gasteiger partial charge on any atom is -0.398 e. The second-order valence-corrected chi connectivity index (χ2v) is 6.36. The summed E-state index contributed by atoms with van der Waals surface area (Å²) in [6, 6.07) is 1.58. The molecule has 0 radical (unpaired) electrons. The van der Waals surface area contributed by atoms with Gasteiger partial charge in [-0.15, -0.1) is 0 Å². The lowest BCUT2D eigenvalue weighted by Gasteiger charge is -2.28. The number of carbonyl (C=O) groups excluding carboxylic acids is 1. The molecule has 1 fully saturated rings. The smallest absolute Gasteiger partial charge is 0.253 e. The Morgan fingerprint density at radius 3 is 2.65 bits per heavy atom. The highest BCUT2D eigenvalue weighted by molar-refractivity contribution is 9.10. The zero-order valence-corrected chi connectivity index (χ0v) is 13.5. The maximum absolute atomic E-state index is 12.4. The van der Waals surface area contributed by atoms with E-state index in [2.05, 4.69) is 21.2 Å². The predicted octanol–water partition coefficient (Wildman–Crippen LogP) is 2.68. The molecular formula is C15H21BrN2O2. The lowest BCUT2D eigenvalue weighted by molar-refractivity contribution is 0.0718. The molecule has 0 heterocycles. The fraction of sp³-hybridized carbons (Fsp3) is 0.533. The molecule has 20 heavy (non-hydrogen) atoms. The molecular weight excluding hydrogens is 320 g/mol. The highest BCUT2D eigenvalue weighted by Crippen LogP contribution is 2.28. The van der Waals surface area contributed by atoms with Crippen molar-refractivity contribution in [3.63, 3.8) is 0 Å². The highest BCUT2D eigenvalue weighted by atomic mass is 79.9. The summed E-state index contributed by atoms with van der Waals surface area (Å²) in [5.74, 6) is -0.211. The predicted molar refractivity (Wildman–Crippen MR) is 83.8 cm³/mol. The van der Waals surface area contributed by atoms with Crippen LogP contribution in [-0.2, 0) is 0 Å². The molecule has 1 amide bonds. The van der Waals surface area contributed by atoms with Gasteiger partial charge in [0.25, 0.3) is 5.91 Å². The van der Waals surface area contributed by atoms with Gasteiger partial charge in [0.2, 0.25) is 0 Å². The molecule has 1 aromatic carbocycles. The van der Waals surface area contributed by atoms with Crippen molar-refractivity contribution in [1.29, 1.82) is 0 Å². The Kier molecular flexibility index (Phi) is 4.70. The molecule has 110 valence electrons. The molecule has 0 bridgehead atoms. The average Bonchev–Trinajstić information content (AvgIpc) is 2.43. The number of nitrogen functional groups attached to an aromatic ring is 1. The summed E-state index contributed by atoms with van der Waals surface area (Å²) in [6.45, 7) is 3.87. The van der Waals surface area contributed by atoms with Crippen LogP contribution in [0.3, 0.4) is 0 Å². The minimum absolute atomic E-state index is 0.170. The van der Waals surface area contributed by atoms with Crippen LogP contribution in [0.4, 0.5) is 5.69 Å². The number of benzene rings is 1. The van der Waals surface area contributed by atoms with Gasteiger partial charge in [-0.25, -0.2) is 0 Å². The van der Waals surface area contributed by atoms with Crippen LogP contribution in [0.5, 0.6) is 0 Å². The number of hydrogen-bond donors (Lipinski definition) is 3. The average molecular weight is 341 g/mol. The topological polar surface area (TPSA) is 75.3 Å². The van der Waals surface area contributed by atoms with Crippen LogP contribution >= 0.6 is 15.9 Å². The van der Waals surface area contributed by atoms with E-state index in [9.17, 15) is 9.90 Å². The Balaban J connectivity index is 2.21. The zero-order chi connectivity index (χ0) is 14.9. The number of nitrogens with two attached hydrogens (primary N) is 1. The summed E-state index contributed by atoms with van der Waals surface area (Å²) < 4.78 is 0.874. The Morgan fingerprint density at radius 2 is 2.00 bits per heavy atom. The quantitative estimate of drug-likeness (QED) is 0.724. The fourth-order valence-corrected chi connectivity index (χ4v) is 3.14. The molecule has 1 aliphatic carbocycles. The summed E-state index contributed by atoms with van der Waals surface area (Å²) in [6.07, 6.45) is 3.17. The van der Waals surface area contributed by atoms with Gasteiger partial charge in [-0.3, -0.25) is 4.79 Å². The van der Waals surface area contributed by atoms with Crippen LogP contribution in [0.1, 0.15) is 47.2 Å². The summed E-state index contributed by atoms with van der Waals surface area (Å²) in [4.78, 5) is 12.4. The Bertz CT molecular complexity index is 531. The number of carbonyl (C=O) groups is 1. The van der Waals surface area contributed by atoms with E-state index in [1.54, 1.807) is 6.07 Å². The lowest BCUT2D eigenvalue weighted by atomic mass is 9.92. The highest BCUT2D eigenvalue weighted by Gasteiger charge is 2.26. The van der Waals surface area contributed by atoms with Crippen LogP contribution in [0.15, 0.2) is 10.5 Å². The number of aliphatic hydroxyl groups is 1. The third-order valence-electron chi connectivity index (χ3n) is 4.18. The van der Waals surface area contributed by atoms with E-state index >= 15 is 0 Å². The van der Waals surface area contributed by atoms with Gasteiger partial charge in [-0.05, 0) is 43.9 Å². The molecule has 0 aromatic heterocycles. The number of anilines is 1. The number of nitrogens with one attached hydrogen (secondary N) is 1. The Morgan fingerprint density at radius 1 is 1.35 bits per heavy atom. The van der Waals surface area contributed by atoms with Crippen LogP contribution in [0, 0.1) is 13.8 Å². The van der Waals surface area contributed by atoms with Crippen molar-refractivity contribution in [3.8, 4) is 0 Å². The first-order valence-electron chi connectivity index (χ1n) is 6.96. The molecule has 0 spiro atoms. The summed E-state index contributed by atoms with van der Waals surface area (Å²) in [5.41, 5.74) is 8.98. The lowest BCUT2D eigenvalue weighted by Crippen LogP contribution is -2.45. The summed E-state index contributed by atoms with van der Waals surface area (Å²) >= 11 is 3.45. The van der Waals surface area contributed by atoms with Gasteiger partial charge < -0.3 is 16.2 Å². The molecule has 1 aliphatic rings. The number of halogens is 1. The first-order valence-corrected chi connectivity index (χ1v) is 7.75. The van der Waals surface area contributed by atoms with Gasteiger partial charge in [0, 0.05) is 10.2 Å². The SMILES string of the molecule is Cc1c(Br)cc(C(=O)N[C@H]2CCCC[C@@H]2O)c(N)c1C. The second-order valence-electron chi connectivity index (χ2n) is 5.50. The minimum atomic E-state index is -0.455. The van der Waals surface area contributed by atoms with Gasteiger partial charge >= 0.3 is 0 Å². The maximum Gasteiger partial charge on any atom is 0.253 e. The van der Waals surface area contributed by atoms with Crippen LogP contribution in [0.25, 0.3) is 0 Å². The van der Waals surface area contributed by atoms with Crippen LogP contribution in [0.2, 0.25) is 0 Å². The standard InChI is InChI=1S/C15H21BrN2O2/c1-8-9(2)14(17)10(7-11(8)16)15(20)18-12-5-3-4-6-13(12)19/h7,12-13,19H,3-6,17H2,1-2H3,(H,18,20)/t12-,13-/m0/s1. The number of amides is 1. The molecule has 5 heteroatoms. The maximum atomic E-state index is 12.4. The van der Waals surface area contributed by atoms with E-state index < -0.39 is 6.10 Å². The van der Waals surface area contributed by atoms with E-state index in [1.807, 2.05) is 13.8 Å². The van der Waals surface area contributed by atoms with Crippen molar-refractivity contribution in [1.82, 2.24) is 5.32 Å². The number of hydrogen-bond acceptors (Lipinski definition) is 3. The van der Waals surface area contributed by atoms with Crippen molar-refractivity contribution in [2.75, 3.05) is 5.73 Å². The second kappa shape index (κ2) is 6.14. The van der Waals surface area contributed by atoms with Crippen LogP contribution in [-0.4, -0.2) is 23.2 Å². The van der Waals surface area contributed by atoms with E-state index in [0.717, 1.165) is 41.3 Å². The third kappa shape index (κ3) is 2.99. The van der Waals surface area contributed by atoms with Gasteiger partial charge in [0.05, 0.1) is 17.7 Å². The molecule has 1 saturated carbocycles. The van der Waals surface area contributed by atoms with E-state index in [0.29, 0.717) is 11.3 Å². The van der Waals surface area contributed by atoms with Crippen molar-refractivity contribution < 1.29 is 9.90 Å². The summed E-state index contributed by atoms with van der Waals surface area (Å²) in [7, 11) is 0. The Labute approximate surface area is 127 Å². The molecule has 0 aliphatic heterocycles.